The first-order valence-electron chi connectivity index (χ1n) is 22.1. The van der Waals surface area contributed by atoms with Crippen molar-refractivity contribution >= 4 is 23.5 Å². The summed E-state index contributed by atoms with van der Waals surface area (Å²) in [7, 11) is 5.32. The Labute approximate surface area is 334 Å². The summed E-state index contributed by atoms with van der Waals surface area (Å²) in [5.74, 6) is 3.34. The van der Waals surface area contributed by atoms with Gasteiger partial charge in [0.1, 0.15) is 0 Å². The van der Waals surface area contributed by atoms with Crippen LogP contribution in [0.2, 0.25) is 0 Å². The van der Waals surface area contributed by atoms with Gasteiger partial charge in [-0.1, -0.05) is 114 Å². The summed E-state index contributed by atoms with van der Waals surface area (Å²) in [6.07, 6.45) is 24.5. The Balaban J connectivity index is 1.18. The Hall–Kier alpha value is -3.00. The number of likely N-dealkylation sites (N-methyl/N-ethyl adjacent to an activating group) is 1. The lowest BCUT2D eigenvalue weighted by Gasteiger charge is -2.55. The van der Waals surface area contributed by atoms with E-state index in [-0.39, 0.29) is 60.9 Å². The number of hydrogen-bond donors (Lipinski definition) is 3. The number of Topliss-reactive ketones (excluding diaryl/α,β-unsaturated/α-hetero) is 1. The zero-order valence-corrected chi connectivity index (χ0v) is 35.4. The number of carbonyl (C=O) groups is 4. The smallest absolute Gasteiger partial charge is 0.237 e. The van der Waals surface area contributed by atoms with Gasteiger partial charge in [-0.25, -0.2) is 0 Å². The van der Waals surface area contributed by atoms with Crippen molar-refractivity contribution < 1.29 is 19.2 Å². The Morgan fingerprint density at radius 1 is 0.891 bits per heavy atom. The molecule has 5 atom stereocenters. The van der Waals surface area contributed by atoms with E-state index in [4.69, 9.17) is 0 Å². The van der Waals surface area contributed by atoms with Crippen LogP contribution in [0.5, 0.6) is 0 Å². The van der Waals surface area contributed by atoms with Crippen molar-refractivity contribution in [2.75, 3.05) is 34.2 Å². The number of unbranched alkanes of at least 4 members (excludes halogenated alkanes) is 1. The molecule has 4 rings (SSSR count). The summed E-state index contributed by atoms with van der Waals surface area (Å²) in [6, 6.07) is 9.49. The van der Waals surface area contributed by atoms with Gasteiger partial charge < -0.3 is 16.0 Å². The van der Waals surface area contributed by atoms with Gasteiger partial charge in [0, 0.05) is 25.4 Å². The summed E-state index contributed by atoms with van der Waals surface area (Å²) in [5, 5.41) is 8.59. The second-order valence-corrected chi connectivity index (χ2v) is 18.0. The van der Waals surface area contributed by atoms with Crippen LogP contribution in [0.4, 0.5) is 0 Å². The first kappa shape index (κ1) is 44.7. The van der Waals surface area contributed by atoms with E-state index in [1.165, 1.54) is 77.0 Å². The lowest BCUT2D eigenvalue weighted by molar-refractivity contribution is -0.150. The number of hydrogen-bond acceptors (Lipinski definition) is 5. The number of rotatable bonds is 24. The van der Waals surface area contributed by atoms with Gasteiger partial charge >= 0.3 is 0 Å². The van der Waals surface area contributed by atoms with Crippen molar-refractivity contribution in [2.45, 2.75) is 142 Å². The molecule has 1 aromatic rings. The summed E-state index contributed by atoms with van der Waals surface area (Å²) in [5.41, 5.74) is 0.731. The molecule has 3 aliphatic rings. The predicted molar refractivity (Wildman–Crippen MR) is 224 cm³/mol. The fourth-order valence-electron chi connectivity index (χ4n) is 10.6. The molecule has 55 heavy (non-hydrogen) atoms. The third kappa shape index (κ3) is 13.3. The molecule has 1 aromatic carbocycles. The molecule has 3 fully saturated rings. The molecule has 0 spiro atoms. The van der Waals surface area contributed by atoms with Crippen molar-refractivity contribution in [2.24, 2.45) is 46.8 Å². The standard InChI is InChI=1S/C47H76N4O4/c1-7-9-11-19-38-27-39(28-38)20-15-14-16-35-21-23-37(24-22-35)31-47(30-34(3)41(47)8-2)43(52)33-49-44(53)26-25-40(45(54)48-4)32-50-46(55)42(51(5)6)29-36-17-12-10-13-18-36/h7,9-10,12-13,17-18,34-35,37-42H,8,11,14-16,19-33H2,1-6H3,(H,48,54)(H,49,53)(H,50,55). The SMILES string of the molecule is CC=CCCC1CC(CCCCC2CCC(CC3(C(=O)CNC(=O)CCC(CNC(=O)C(Cc4ccccc4)N(C)C)C(=O)NC)CC(C)C3CC)CC2)C1. The Morgan fingerprint density at radius 2 is 1.55 bits per heavy atom. The summed E-state index contributed by atoms with van der Waals surface area (Å²) in [6.45, 7) is 6.81. The second-order valence-electron chi connectivity index (χ2n) is 18.0. The molecule has 8 nitrogen and oxygen atoms in total. The number of carbonyl (C=O) groups excluding carboxylic acids is 4. The molecule has 0 saturated heterocycles. The first-order chi connectivity index (χ1) is 26.5. The highest BCUT2D eigenvalue weighted by Crippen LogP contribution is 2.58. The van der Waals surface area contributed by atoms with Crippen LogP contribution in [-0.2, 0) is 25.6 Å². The zero-order chi connectivity index (χ0) is 39.8. The van der Waals surface area contributed by atoms with Crippen LogP contribution in [0, 0.1) is 46.8 Å². The van der Waals surface area contributed by atoms with Crippen LogP contribution in [0.25, 0.3) is 0 Å². The first-order valence-corrected chi connectivity index (χ1v) is 22.1. The van der Waals surface area contributed by atoms with Crippen molar-refractivity contribution in [3.05, 3.63) is 48.0 Å². The number of nitrogens with one attached hydrogen (secondary N) is 3. The molecular weight excluding hydrogens is 685 g/mol. The van der Waals surface area contributed by atoms with Gasteiger partial charge in [0.05, 0.1) is 18.5 Å². The van der Waals surface area contributed by atoms with E-state index in [2.05, 4.69) is 48.9 Å². The van der Waals surface area contributed by atoms with Gasteiger partial charge in [0.25, 0.3) is 0 Å². The number of ketones is 1. The monoisotopic (exact) mass is 761 g/mol. The average molecular weight is 761 g/mol. The minimum absolute atomic E-state index is 0.0559. The Kier molecular flexibility index (Phi) is 18.4. The van der Waals surface area contributed by atoms with Crippen molar-refractivity contribution in [3.63, 3.8) is 0 Å². The number of benzene rings is 1. The van der Waals surface area contributed by atoms with Gasteiger partial charge in [-0.15, -0.1) is 0 Å². The quantitative estimate of drug-likeness (QED) is 0.0727. The van der Waals surface area contributed by atoms with Crippen molar-refractivity contribution in [1.29, 1.82) is 0 Å². The molecule has 3 aliphatic carbocycles. The molecule has 3 amide bonds. The van der Waals surface area contributed by atoms with Gasteiger partial charge in [-0.05, 0) is 113 Å². The molecule has 0 aromatic heterocycles. The van der Waals surface area contributed by atoms with Crippen molar-refractivity contribution in [3.8, 4) is 0 Å². The maximum absolute atomic E-state index is 14.0. The van der Waals surface area contributed by atoms with Gasteiger partial charge in [-0.2, -0.15) is 0 Å². The summed E-state index contributed by atoms with van der Waals surface area (Å²) in [4.78, 5) is 55.0. The lowest BCUT2D eigenvalue weighted by Crippen LogP contribution is -2.55. The predicted octanol–water partition coefficient (Wildman–Crippen LogP) is 8.30. The van der Waals surface area contributed by atoms with E-state index in [0.29, 0.717) is 24.2 Å². The van der Waals surface area contributed by atoms with Crippen LogP contribution in [0.1, 0.15) is 135 Å². The van der Waals surface area contributed by atoms with E-state index in [1.54, 1.807) is 7.05 Å². The normalized spacial score (nSPS) is 27.5. The van der Waals surface area contributed by atoms with E-state index >= 15 is 0 Å². The fourth-order valence-corrected chi connectivity index (χ4v) is 10.6. The van der Waals surface area contributed by atoms with E-state index in [1.807, 2.05) is 49.3 Å². The molecule has 3 saturated carbocycles. The van der Waals surface area contributed by atoms with Crippen LogP contribution < -0.4 is 16.0 Å². The van der Waals surface area contributed by atoms with Gasteiger partial charge in [0.2, 0.25) is 17.7 Å². The van der Waals surface area contributed by atoms with Gasteiger partial charge in [0.15, 0.2) is 5.78 Å². The molecule has 0 bridgehead atoms. The Morgan fingerprint density at radius 3 is 2.16 bits per heavy atom. The fraction of sp³-hybridized carbons (Fsp3) is 0.745. The minimum Gasteiger partial charge on any atom is -0.359 e. The second kappa shape index (κ2) is 22.7. The van der Waals surface area contributed by atoms with Gasteiger partial charge in [-0.3, -0.25) is 24.1 Å². The number of allylic oxidation sites excluding steroid dienone is 2. The molecule has 0 radical (unpaired) electrons. The third-order valence-corrected chi connectivity index (χ3v) is 14.0. The molecule has 8 heteroatoms. The average Bonchev–Trinajstić information content (AvgIpc) is 3.16. The highest BCUT2D eigenvalue weighted by molar-refractivity contribution is 5.91. The number of nitrogens with zero attached hydrogens (tertiary/aromatic N) is 1. The largest absolute Gasteiger partial charge is 0.359 e. The summed E-state index contributed by atoms with van der Waals surface area (Å²) < 4.78 is 0. The zero-order valence-electron chi connectivity index (χ0n) is 35.4. The lowest BCUT2D eigenvalue weighted by atomic mass is 9.48. The highest BCUT2D eigenvalue weighted by atomic mass is 16.2. The molecule has 3 N–H and O–H groups in total. The van der Waals surface area contributed by atoms with E-state index < -0.39 is 5.92 Å². The molecule has 0 aliphatic heterocycles. The molecule has 5 unspecified atom stereocenters. The Bertz CT molecular complexity index is 1370. The molecular formula is C47H76N4O4. The molecule has 308 valence electrons. The topological polar surface area (TPSA) is 108 Å². The van der Waals surface area contributed by atoms with Crippen LogP contribution in [-0.4, -0.2) is 68.7 Å². The van der Waals surface area contributed by atoms with E-state index in [0.717, 1.165) is 42.6 Å². The van der Waals surface area contributed by atoms with Crippen LogP contribution >= 0.6 is 0 Å². The van der Waals surface area contributed by atoms with Crippen LogP contribution in [0.15, 0.2) is 42.5 Å². The van der Waals surface area contributed by atoms with Crippen LogP contribution in [0.3, 0.4) is 0 Å². The third-order valence-electron chi connectivity index (χ3n) is 14.0. The highest BCUT2D eigenvalue weighted by Gasteiger charge is 2.55. The maximum Gasteiger partial charge on any atom is 0.237 e. The number of amides is 3. The van der Waals surface area contributed by atoms with Crippen molar-refractivity contribution in [1.82, 2.24) is 20.9 Å². The summed E-state index contributed by atoms with van der Waals surface area (Å²) >= 11 is 0. The maximum atomic E-state index is 14.0. The van der Waals surface area contributed by atoms with E-state index in [9.17, 15) is 19.2 Å². The molecule has 0 heterocycles. The minimum atomic E-state index is -0.554.